The van der Waals surface area contributed by atoms with Crippen LogP contribution < -0.4 is 22.5 Å². The van der Waals surface area contributed by atoms with Crippen molar-refractivity contribution in [1.29, 1.82) is 0 Å². The van der Waals surface area contributed by atoms with E-state index < -0.39 is 18.5 Å². The topological polar surface area (TPSA) is 138 Å². The molecule has 136 valence electrons. The van der Waals surface area contributed by atoms with Crippen molar-refractivity contribution in [2.24, 2.45) is 17.2 Å². The number of nitrogens with two attached hydrogens (primary N) is 3. The van der Waals surface area contributed by atoms with Crippen LogP contribution in [-0.4, -0.2) is 74.1 Å². The minimum Gasteiger partial charge on any atom is -0.389 e. The van der Waals surface area contributed by atoms with E-state index in [1.807, 2.05) is 6.92 Å². The lowest BCUT2D eigenvalue weighted by Crippen LogP contribution is -2.65. The van der Waals surface area contributed by atoms with E-state index in [4.69, 9.17) is 31.4 Å². The van der Waals surface area contributed by atoms with Crippen molar-refractivity contribution in [3.8, 4) is 0 Å². The van der Waals surface area contributed by atoms with E-state index in [9.17, 15) is 5.11 Å². The number of hydrogen-bond acceptors (Lipinski definition) is 8. The first-order chi connectivity index (χ1) is 10.9. The molecule has 1 heterocycles. The van der Waals surface area contributed by atoms with Crippen LogP contribution in [0.4, 0.5) is 0 Å². The molecule has 9 atom stereocenters. The zero-order valence-electron chi connectivity index (χ0n) is 14.2. The Morgan fingerprint density at radius 1 is 1.26 bits per heavy atom. The van der Waals surface area contributed by atoms with Crippen LogP contribution in [0, 0.1) is 0 Å². The fourth-order valence-corrected chi connectivity index (χ4v) is 3.52. The fourth-order valence-electron chi connectivity index (χ4n) is 3.52. The van der Waals surface area contributed by atoms with Crippen molar-refractivity contribution in [3.05, 3.63) is 0 Å². The molecule has 8 nitrogen and oxygen atoms in total. The zero-order valence-corrected chi connectivity index (χ0v) is 14.2. The summed E-state index contributed by atoms with van der Waals surface area (Å²) in [7, 11) is 3.39. The monoisotopic (exact) mass is 332 g/mol. The molecule has 2 aliphatic rings. The molecule has 1 saturated heterocycles. The van der Waals surface area contributed by atoms with Crippen LogP contribution in [0.15, 0.2) is 0 Å². The third kappa shape index (κ3) is 4.21. The zero-order chi connectivity index (χ0) is 17.1. The maximum Gasteiger partial charge on any atom is 0.173 e. The molecule has 1 saturated carbocycles. The van der Waals surface area contributed by atoms with Gasteiger partial charge in [0.1, 0.15) is 6.10 Å². The van der Waals surface area contributed by atoms with E-state index in [1.165, 1.54) is 0 Å². The van der Waals surface area contributed by atoms with Crippen molar-refractivity contribution >= 4 is 0 Å². The molecular weight excluding hydrogens is 300 g/mol. The van der Waals surface area contributed by atoms with Gasteiger partial charge in [-0.1, -0.05) is 0 Å². The van der Waals surface area contributed by atoms with E-state index in [1.54, 1.807) is 14.2 Å². The van der Waals surface area contributed by atoms with Gasteiger partial charge in [-0.15, -0.1) is 0 Å². The predicted molar refractivity (Wildman–Crippen MR) is 86.6 cm³/mol. The van der Waals surface area contributed by atoms with Crippen LogP contribution in [-0.2, 0) is 14.2 Å². The Balaban J connectivity index is 2.05. The number of likely N-dealkylation sites (N-methyl/N-ethyl adjacent to an activating group) is 1. The van der Waals surface area contributed by atoms with E-state index in [-0.39, 0.29) is 36.4 Å². The Labute approximate surface area is 138 Å². The highest BCUT2D eigenvalue weighted by Crippen LogP contribution is 2.28. The molecule has 0 amide bonds. The molecule has 0 aromatic carbocycles. The summed E-state index contributed by atoms with van der Waals surface area (Å²) in [6.07, 6.45) is -0.0776. The van der Waals surface area contributed by atoms with Gasteiger partial charge in [0.25, 0.3) is 0 Å². The van der Waals surface area contributed by atoms with Gasteiger partial charge >= 0.3 is 0 Å². The molecule has 0 bridgehead atoms. The maximum atomic E-state index is 10.6. The lowest BCUT2D eigenvalue weighted by molar-refractivity contribution is -0.253. The van der Waals surface area contributed by atoms with Crippen molar-refractivity contribution in [1.82, 2.24) is 5.32 Å². The van der Waals surface area contributed by atoms with Gasteiger partial charge in [-0.2, -0.15) is 0 Å². The number of methoxy groups -OCH3 is 1. The van der Waals surface area contributed by atoms with Gasteiger partial charge in [0.15, 0.2) is 6.29 Å². The second-order valence-corrected chi connectivity index (χ2v) is 6.72. The summed E-state index contributed by atoms with van der Waals surface area (Å²) in [5, 5.41) is 13.7. The average Bonchev–Trinajstić information content (AvgIpc) is 2.52. The van der Waals surface area contributed by atoms with Crippen LogP contribution in [0.1, 0.15) is 26.2 Å². The second kappa shape index (κ2) is 8.17. The molecule has 9 unspecified atom stereocenters. The average molecular weight is 332 g/mol. The van der Waals surface area contributed by atoms with Gasteiger partial charge in [0.05, 0.1) is 30.4 Å². The number of hydrogen-bond donors (Lipinski definition) is 5. The standard InChI is InChI=1S/C15H32N4O4/c1-7(16)10-5-4-8(17)15(22-10)23-14-9(18)6-11(21-3)12(19-2)13(14)20/h7-15,19-20H,4-6,16-18H2,1-3H3. The third-order valence-electron chi connectivity index (χ3n) is 4.99. The van der Waals surface area contributed by atoms with Crippen molar-refractivity contribution in [2.75, 3.05) is 14.2 Å². The summed E-state index contributed by atoms with van der Waals surface area (Å²) < 4.78 is 17.3. The summed E-state index contributed by atoms with van der Waals surface area (Å²) in [5.74, 6) is 0. The molecule has 0 aromatic heterocycles. The van der Waals surface area contributed by atoms with Gasteiger partial charge in [-0.25, -0.2) is 0 Å². The molecule has 2 fully saturated rings. The minimum absolute atomic E-state index is 0.0939. The van der Waals surface area contributed by atoms with Crippen LogP contribution in [0.25, 0.3) is 0 Å². The van der Waals surface area contributed by atoms with Crippen LogP contribution in [0.3, 0.4) is 0 Å². The molecule has 0 aromatic rings. The van der Waals surface area contributed by atoms with E-state index >= 15 is 0 Å². The summed E-state index contributed by atoms with van der Waals surface area (Å²) in [4.78, 5) is 0. The van der Waals surface area contributed by atoms with E-state index in [2.05, 4.69) is 5.32 Å². The van der Waals surface area contributed by atoms with Crippen LogP contribution >= 0.6 is 0 Å². The number of ether oxygens (including phenoxy) is 3. The predicted octanol–water partition coefficient (Wildman–Crippen LogP) is -1.75. The molecule has 2 rings (SSSR count). The quantitative estimate of drug-likeness (QED) is 0.399. The Kier molecular flexibility index (Phi) is 6.76. The van der Waals surface area contributed by atoms with Crippen molar-refractivity contribution in [2.45, 2.75) is 81.1 Å². The van der Waals surface area contributed by atoms with Crippen molar-refractivity contribution < 1.29 is 19.3 Å². The van der Waals surface area contributed by atoms with Gasteiger partial charge in [-0.05, 0) is 33.2 Å². The Morgan fingerprint density at radius 2 is 1.96 bits per heavy atom. The first-order valence-electron chi connectivity index (χ1n) is 8.34. The minimum atomic E-state index is -0.805. The summed E-state index contributed by atoms with van der Waals surface area (Å²) in [6, 6.07) is -0.959. The first-order valence-corrected chi connectivity index (χ1v) is 8.34. The van der Waals surface area contributed by atoms with E-state index in [0.29, 0.717) is 6.42 Å². The maximum absolute atomic E-state index is 10.6. The molecule has 1 aliphatic heterocycles. The number of rotatable bonds is 5. The smallest absolute Gasteiger partial charge is 0.173 e. The normalized spacial score (nSPS) is 46.6. The molecule has 8 heteroatoms. The highest BCUT2D eigenvalue weighted by molar-refractivity contribution is 5.00. The highest BCUT2D eigenvalue weighted by Gasteiger charge is 2.45. The number of aliphatic hydroxyl groups is 1. The van der Waals surface area contributed by atoms with Gasteiger partial charge in [0.2, 0.25) is 0 Å². The van der Waals surface area contributed by atoms with Crippen LogP contribution in [0.2, 0.25) is 0 Å². The highest BCUT2D eigenvalue weighted by atomic mass is 16.7. The Bertz CT molecular complexity index is 373. The molecular formula is C15H32N4O4. The summed E-state index contributed by atoms with van der Waals surface area (Å²) in [5.41, 5.74) is 18.2. The Hall–Kier alpha value is -0.320. The largest absolute Gasteiger partial charge is 0.389 e. The Morgan fingerprint density at radius 3 is 2.52 bits per heavy atom. The van der Waals surface area contributed by atoms with Gasteiger partial charge < -0.3 is 41.8 Å². The molecule has 23 heavy (non-hydrogen) atoms. The SMILES string of the molecule is CNC1C(OC)CC(N)C(OC2OC(C(C)N)CCC2N)C1O. The van der Waals surface area contributed by atoms with E-state index in [0.717, 1.165) is 12.8 Å². The van der Waals surface area contributed by atoms with Crippen LogP contribution in [0.5, 0.6) is 0 Å². The second-order valence-electron chi connectivity index (χ2n) is 6.72. The molecule has 8 N–H and O–H groups in total. The molecule has 0 radical (unpaired) electrons. The van der Waals surface area contributed by atoms with Crippen molar-refractivity contribution in [3.63, 3.8) is 0 Å². The van der Waals surface area contributed by atoms with Gasteiger partial charge in [-0.3, -0.25) is 0 Å². The molecule has 1 aliphatic carbocycles. The third-order valence-corrected chi connectivity index (χ3v) is 4.99. The summed E-state index contributed by atoms with van der Waals surface area (Å²) in [6.45, 7) is 1.90. The lowest BCUT2D eigenvalue weighted by atomic mass is 9.84. The number of nitrogens with one attached hydrogen (secondary N) is 1. The fraction of sp³-hybridized carbons (Fsp3) is 1.00. The lowest BCUT2D eigenvalue weighted by Gasteiger charge is -2.45. The summed E-state index contributed by atoms with van der Waals surface area (Å²) >= 11 is 0. The number of aliphatic hydroxyl groups excluding tert-OH is 1. The molecule has 0 spiro atoms. The van der Waals surface area contributed by atoms with Gasteiger partial charge in [0, 0.05) is 19.2 Å². The first kappa shape index (κ1) is 19.0.